The summed E-state index contributed by atoms with van der Waals surface area (Å²) in [5.41, 5.74) is 14.1. The summed E-state index contributed by atoms with van der Waals surface area (Å²) in [5, 5.41) is 3.62. The molecule has 0 saturated carbocycles. The number of nitrogens with one attached hydrogen (secondary N) is 1. The van der Waals surface area contributed by atoms with Gasteiger partial charge in [-0.3, -0.25) is 11.1 Å². The Morgan fingerprint density at radius 1 is 1.05 bits per heavy atom. The minimum absolute atomic E-state index is 0.00696. The molecule has 2 atom stereocenters. The second-order valence-corrected chi connectivity index (χ2v) is 10.9. The molecule has 4 rings (SSSR count). The maximum absolute atomic E-state index is 12.5. The molecule has 37 heavy (non-hydrogen) atoms. The lowest BCUT2D eigenvalue weighted by molar-refractivity contribution is -0.717. The monoisotopic (exact) mass is 513 g/mol. The zero-order valence-corrected chi connectivity index (χ0v) is 22.6. The number of nitrogens with zero attached hydrogens (tertiary/aromatic N) is 3. The van der Waals surface area contributed by atoms with Gasteiger partial charge in [-0.1, -0.05) is 0 Å². The summed E-state index contributed by atoms with van der Waals surface area (Å²) in [6.07, 6.45) is 7.16. The van der Waals surface area contributed by atoms with Crippen LogP contribution in [0, 0.1) is 0 Å². The summed E-state index contributed by atoms with van der Waals surface area (Å²) in [6.45, 7) is 7.78. The van der Waals surface area contributed by atoms with E-state index in [0.29, 0.717) is 24.7 Å². The van der Waals surface area contributed by atoms with E-state index in [1.165, 1.54) is 0 Å². The molecule has 0 aromatic carbocycles. The Balaban J connectivity index is 1.53. The van der Waals surface area contributed by atoms with Crippen molar-refractivity contribution < 1.29 is 23.6 Å². The molecule has 0 aliphatic carbocycles. The van der Waals surface area contributed by atoms with Gasteiger partial charge in [-0.05, 0) is 58.4 Å². The number of piperidine rings is 2. The highest BCUT2D eigenvalue weighted by molar-refractivity contribution is 5.68. The number of anilines is 2. The maximum atomic E-state index is 12.5. The summed E-state index contributed by atoms with van der Waals surface area (Å²) in [4.78, 5) is 18.6. The van der Waals surface area contributed by atoms with Crippen molar-refractivity contribution in [3.8, 4) is 11.5 Å². The molecule has 0 bridgehead atoms. The molecule has 2 saturated heterocycles. The Hall–Kier alpha value is -3.27. The van der Waals surface area contributed by atoms with E-state index >= 15 is 0 Å². The first kappa shape index (κ1) is 26.8. The van der Waals surface area contributed by atoms with Crippen molar-refractivity contribution in [2.24, 2.45) is 0 Å². The first-order valence-corrected chi connectivity index (χ1v) is 13.0. The quantitative estimate of drug-likeness (QED) is 0.519. The van der Waals surface area contributed by atoms with Crippen LogP contribution in [0.25, 0.3) is 0 Å². The van der Waals surface area contributed by atoms with Crippen LogP contribution in [0.4, 0.5) is 16.4 Å². The number of rotatable bonds is 5. The maximum Gasteiger partial charge on any atom is 0.410 e. The van der Waals surface area contributed by atoms with E-state index in [4.69, 9.17) is 25.7 Å². The van der Waals surface area contributed by atoms with E-state index in [1.54, 1.807) is 25.2 Å². The number of nitrogens with two attached hydrogens (primary N) is 2. The average Bonchev–Trinajstić information content (AvgIpc) is 2.87. The van der Waals surface area contributed by atoms with Gasteiger partial charge < -0.3 is 24.8 Å². The first-order chi connectivity index (χ1) is 17.6. The zero-order valence-electron chi connectivity index (χ0n) is 22.6. The summed E-state index contributed by atoms with van der Waals surface area (Å²) in [7, 11) is 3.33. The number of carbonyl (C=O) groups excluding carboxylic acids is 1. The summed E-state index contributed by atoms with van der Waals surface area (Å²) in [5.74, 6) is 3.13. The van der Waals surface area contributed by atoms with Crippen molar-refractivity contribution >= 4 is 17.7 Å². The predicted molar refractivity (Wildman–Crippen MR) is 142 cm³/mol. The Morgan fingerprint density at radius 3 is 2.38 bits per heavy atom. The lowest BCUT2D eigenvalue weighted by atomic mass is 9.88. The van der Waals surface area contributed by atoms with E-state index in [-0.39, 0.29) is 24.1 Å². The number of ether oxygens (including phenoxy) is 3. The van der Waals surface area contributed by atoms with Crippen LogP contribution < -0.4 is 30.8 Å². The van der Waals surface area contributed by atoms with E-state index in [1.807, 2.05) is 33.0 Å². The minimum Gasteiger partial charge on any atom is -0.496 e. The number of likely N-dealkylation sites (tertiary alicyclic amines) is 1. The Bertz CT molecular complexity index is 1110. The van der Waals surface area contributed by atoms with Gasteiger partial charge in [0.1, 0.15) is 22.9 Å². The van der Waals surface area contributed by atoms with Crippen LogP contribution in [0.3, 0.4) is 0 Å². The largest absolute Gasteiger partial charge is 0.496 e. The van der Waals surface area contributed by atoms with Crippen molar-refractivity contribution in [1.29, 1.82) is 0 Å². The summed E-state index contributed by atoms with van der Waals surface area (Å²) in [6, 6.07) is 3.69. The van der Waals surface area contributed by atoms with Crippen molar-refractivity contribution in [2.75, 3.05) is 45.3 Å². The SMILES string of the molecule is COc1cc(N)[n+](C2CC(c3cnc(N)cc3OC)CCN2)cc1C1CCN(C(=O)OC(C)(C)C)CC1. The normalized spacial score (nSPS) is 20.9. The number of aromatic nitrogens is 2. The molecule has 0 spiro atoms. The van der Waals surface area contributed by atoms with Gasteiger partial charge in [-0.25, -0.2) is 14.3 Å². The van der Waals surface area contributed by atoms with Gasteiger partial charge in [0.15, 0.2) is 6.17 Å². The lowest BCUT2D eigenvalue weighted by Crippen LogP contribution is -2.52. The van der Waals surface area contributed by atoms with Crippen LogP contribution in [-0.4, -0.2) is 55.4 Å². The van der Waals surface area contributed by atoms with Crippen LogP contribution in [0.15, 0.2) is 24.5 Å². The minimum atomic E-state index is -0.503. The fourth-order valence-corrected chi connectivity index (χ4v) is 5.37. The van der Waals surface area contributed by atoms with Crippen molar-refractivity contribution in [3.05, 3.63) is 35.7 Å². The Morgan fingerprint density at radius 2 is 1.73 bits per heavy atom. The van der Waals surface area contributed by atoms with Crippen LogP contribution >= 0.6 is 0 Å². The number of carbonyl (C=O) groups is 1. The molecule has 10 nitrogen and oxygen atoms in total. The van der Waals surface area contributed by atoms with Crippen molar-refractivity contribution in [3.63, 3.8) is 0 Å². The van der Waals surface area contributed by atoms with Gasteiger partial charge in [-0.2, -0.15) is 0 Å². The van der Waals surface area contributed by atoms with Gasteiger partial charge in [0.2, 0.25) is 0 Å². The molecule has 2 aromatic heterocycles. The van der Waals surface area contributed by atoms with Crippen molar-refractivity contribution in [2.45, 2.75) is 70.1 Å². The van der Waals surface area contributed by atoms with E-state index < -0.39 is 5.60 Å². The average molecular weight is 514 g/mol. The van der Waals surface area contributed by atoms with Crippen molar-refractivity contribution in [1.82, 2.24) is 15.2 Å². The molecule has 2 aliphatic heterocycles. The highest BCUT2D eigenvalue weighted by Gasteiger charge is 2.33. The molecule has 2 aliphatic rings. The molecule has 0 radical (unpaired) electrons. The number of hydrogen-bond donors (Lipinski definition) is 3. The number of methoxy groups -OCH3 is 2. The number of amides is 1. The van der Waals surface area contributed by atoms with Gasteiger partial charge in [0.05, 0.1) is 26.5 Å². The van der Waals surface area contributed by atoms with Gasteiger partial charge >= 0.3 is 6.09 Å². The third-order valence-corrected chi connectivity index (χ3v) is 7.24. The Labute approximate surface area is 219 Å². The third-order valence-electron chi connectivity index (χ3n) is 7.24. The molecule has 2 aromatic rings. The highest BCUT2D eigenvalue weighted by Crippen LogP contribution is 2.38. The van der Waals surface area contributed by atoms with Crippen LogP contribution in [0.5, 0.6) is 11.5 Å². The molecule has 10 heteroatoms. The molecule has 202 valence electrons. The lowest BCUT2D eigenvalue weighted by Gasteiger charge is -2.34. The molecule has 2 fully saturated rings. The third kappa shape index (κ3) is 6.18. The van der Waals surface area contributed by atoms with Crippen LogP contribution in [0.2, 0.25) is 0 Å². The molecular weight excluding hydrogens is 472 g/mol. The van der Waals surface area contributed by atoms with E-state index in [2.05, 4.69) is 21.1 Å². The number of pyridine rings is 2. The molecule has 5 N–H and O–H groups in total. The topological polar surface area (TPSA) is 129 Å². The standard InChI is InChI=1S/C27H40N6O4/c1-27(2,3)37-26(34)32-10-7-17(8-11-32)20-16-33(24(29)14-22(20)36-5)25-12-18(6-9-30-25)19-15-31-23(28)13-21(19)35-4/h13-18,25,29-30H,6-12H2,1-5H3,(H2,28,31)/p+1. The number of nitrogen functional groups attached to an aromatic ring is 2. The van der Waals surface area contributed by atoms with E-state index in [9.17, 15) is 4.79 Å². The summed E-state index contributed by atoms with van der Waals surface area (Å²) < 4.78 is 19.0. The fraction of sp³-hybridized carbons (Fsp3) is 0.593. The molecule has 2 unspecified atom stereocenters. The van der Waals surface area contributed by atoms with E-state index in [0.717, 1.165) is 54.9 Å². The van der Waals surface area contributed by atoms with Gasteiger partial charge in [-0.15, -0.1) is 0 Å². The van der Waals surface area contributed by atoms with Gasteiger partial charge in [0, 0.05) is 42.9 Å². The smallest absolute Gasteiger partial charge is 0.410 e. The molecule has 4 heterocycles. The first-order valence-electron chi connectivity index (χ1n) is 13.0. The van der Waals surface area contributed by atoms with Gasteiger partial charge in [0.25, 0.3) is 5.82 Å². The molecular formula is C27H41N6O4+. The summed E-state index contributed by atoms with van der Waals surface area (Å²) >= 11 is 0. The van der Waals surface area contributed by atoms with Crippen LogP contribution in [-0.2, 0) is 4.74 Å². The fourth-order valence-electron chi connectivity index (χ4n) is 5.37. The van der Waals surface area contributed by atoms with Crippen LogP contribution in [0.1, 0.15) is 75.6 Å². The molecule has 1 amide bonds. The number of hydrogen-bond acceptors (Lipinski definition) is 8. The Kier molecular flexibility index (Phi) is 7.96. The zero-order chi connectivity index (χ0) is 26.7. The second kappa shape index (κ2) is 11.0. The second-order valence-electron chi connectivity index (χ2n) is 10.9. The predicted octanol–water partition coefficient (Wildman–Crippen LogP) is 3.33. The highest BCUT2D eigenvalue weighted by atomic mass is 16.6.